The van der Waals surface area contributed by atoms with Crippen molar-refractivity contribution in [2.45, 2.75) is 0 Å². The first-order valence-corrected chi connectivity index (χ1v) is 25.7. The zero-order valence-electron chi connectivity index (χ0n) is 41.1. The SMILES string of the molecule is c1ccc(-c2cc(-n3c4ccccc4c4cc5c6ccccc6n(-c6ccccc6)c5cc43)nc(-c3ccccc3)n2)cc1.c1ccc(-n2c3ccccc3c3cc4c5ccccc5n(-c5ccncc5)c4cc32)cc1. The quantitative estimate of drug-likeness (QED) is 0.167. The fourth-order valence-corrected chi connectivity index (χ4v) is 11.6. The van der Waals surface area contributed by atoms with E-state index in [4.69, 9.17) is 9.97 Å². The molecule has 0 aliphatic rings. The van der Waals surface area contributed by atoms with E-state index in [9.17, 15) is 0 Å². The Bertz CT molecular complexity index is 4660. The second-order valence-corrected chi connectivity index (χ2v) is 19.2. The van der Waals surface area contributed by atoms with Gasteiger partial charge in [0.1, 0.15) is 5.82 Å². The molecule has 0 unspecified atom stereocenters. The Morgan fingerprint density at radius 3 is 1.01 bits per heavy atom. The van der Waals surface area contributed by atoms with E-state index in [1.165, 1.54) is 76.4 Å². The van der Waals surface area contributed by atoms with Gasteiger partial charge in [-0.1, -0.05) is 170 Å². The number of nitrogens with zero attached hydrogens (tertiary/aromatic N) is 7. The summed E-state index contributed by atoms with van der Waals surface area (Å²) in [5.41, 5.74) is 15.8. The monoisotopic (exact) mass is 971 g/mol. The van der Waals surface area contributed by atoms with E-state index in [0.717, 1.165) is 50.6 Å². The second kappa shape index (κ2) is 17.7. The van der Waals surface area contributed by atoms with Gasteiger partial charge in [0, 0.05) is 89.7 Å². The molecule has 76 heavy (non-hydrogen) atoms. The Hall–Kier alpha value is -10.4. The van der Waals surface area contributed by atoms with Crippen LogP contribution in [0.5, 0.6) is 0 Å². The van der Waals surface area contributed by atoms with E-state index in [2.05, 4.69) is 260 Å². The summed E-state index contributed by atoms with van der Waals surface area (Å²) in [6.07, 6.45) is 3.71. The van der Waals surface area contributed by atoms with Crippen LogP contribution in [0.1, 0.15) is 0 Å². The molecular formula is C69H45N7. The molecular weight excluding hydrogens is 927 g/mol. The van der Waals surface area contributed by atoms with Gasteiger partial charge in [-0.05, 0) is 84.9 Å². The molecule has 16 rings (SSSR count). The van der Waals surface area contributed by atoms with Crippen molar-refractivity contribution < 1.29 is 0 Å². The average molecular weight is 972 g/mol. The van der Waals surface area contributed by atoms with Crippen molar-refractivity contribution in [2.75, 3.05) is 0 Å². The molecule has 0 N–H and O–H groups in total. The molecule has 0 amide bonds. The van der Waals surface area contributed by atoms with Crippen molar-refractivity contribution in [1.82, 2.24) is 33.2 Å². The van der Waals surface area contributed by atoms with Gasteiger partial charge in [0.2, 0.25) is 0 Å². The predicted octanol–water partition coefficient (Wildman–Crippen LogP) is 17.3. The standard InChI is InChI=1S/C40H26N4.C29H19N3/c1-4-14-27(15-5-1)34-25-39(42-40(41-34)28-16-6-2-7-17-28)44-36-23-13-11-21-31(36)33-24-32-30-20-10-12-22-35(30)43(37(32)26-38(33)44)29-18-8-3-9-19-29;1-2-8-20(9-3-1)31-26-12-6-4-10-22(26)24-18-25-23-11-5-7-13-27(23)32(29(25)19-28(24)31)21-14-16-30-17-15-21/h1-26H;1-19H. The zero-order valence-corrected chi connectivity index (χ0v) is 41.1. The summed E-state index contributed by atoms with van der Waals surface area (Å²) >= 11 is 0. The molecule has 7 heteroatoms. The number of hydrogen-bond donors (Lipinski definition) is 0. The molecule has 6 heterocycles. The average Bonchev–Trinajstić information content (AvgIpc) is 4.34. The first-order chi connectivity index (χ1) is 37.7. The van der Waals surface area contributed by atoms with Crippen LogP contribution in [0, 0.1) is 0 Å². The lowest BCUT2D eigenvalue weighted by Crippen LogP contribution is -2.02. The highest BCUT2D eigenvalue weighted by Gasteiger charge is 2.22. The topological polar surface area (TPSA) is 58.4 Å². The van der Waals surface area contributed by atoms with E-state index in [0.29, 0.717) is 5.82 Å². The molecule has 0 aliphatic carbocycles. The number of rotatable bonds is 6. The van der Waals surface area contributed by atoms with Gasteiger partial charge in [-0.2, -0.15) is 0 Å². The largest absolute Gasteiger partial charge is 0.309 e. The minimum absolute atomic E-state index is 0.701. The van der Waals surface area contributed by atoms with E-state index in [1.807, 2.05) is 36.7 Å². The number of hydrogen-bond acceptors (Lipinski definition) is 3. The number of benzene rings is 10. The summed E-state index contributed by atoms with van der Waals surface area (Å²) in [7, 11) is 0. The molecule has 0 fully saturated rings. The Balaban J connectivity index is 0.000000140. The Morgan fingerprint density at radius 1 is 0.237 bits per heavy atom. The molecule has 0 aliphatic heterocycles. The summed E-state index contributed by atoms with van der Waals surface area (Å²) < 4.78 is 9.39. The normalized spacial score (nSPS) is 11.7. The number of fused-ring (bicyclic) bond motifs is 12. The molecule has 16 aromatic rings. The maximum Gasteiger partial charge on any atom is 0.162 e. The van der Waals surface area contributed by atoms with Gasteiger partial charge in [-0.15, -0.1) is 0 Å². The fraction of sp³-hybridized carbons (Fsp3) is 0. The van der Waals surface area contributed by atoms with Gasteiger partial charge in [0.05, 0.1) is 49.8 Å². The van der Waals surface area contributed by atoms with Crippen LogP contribution in [0.3, 0.4) is 0 Å². The van der Waals surface area contributed by atoms with Crippen molar-refractivity contribution in [3.63, 3.8) is 0 Å². The minimum atomic E-state index is 0.701. The van der Waals surface area contributed by atoms with Crippen LogP contribution in [0.15, 0.2) is 273 Å². The van der Waals surface area contributed by atoms with Gasteiger partial charge >= 0.3 is 0 Å². The molecule has 0 saturated carbocycles. The summed E-state index contributed by atoms with van der Waals surface area (Å²) in [4.78, 5) is 14.5. The lowest BCUT2D eigenvalue weighted by Gasteiger charge is -2.12. The van der Waals surface area contributed by atoms with Crippen LogP contribution < -0.4 is 0 Å². The molecule has 7 nitrogen and oxygen atoms in total. The molecule has 0 radical (unpaired) electrons. The van der Waals surface area contributed by atoms with Crippen molar-refractivity contribution in [3.05, 3.63) is 273 Å². The van der Waals surface area contributed by atoms with Gasteiger partial charge < -0.3 is 13.7 Å². The summed E-state index contributed by atoms with van der Waals surface area (Å²) in [6.45, 7) is 0. The fourth-order valence-electron chi connectivity index (χ4n) is 11.6. The predicted molar refractivity (Wildman–Crippen MR) is 314 cm³/mol. The van der Waals surface area contributed by atoms with E-state index < -0.39 is 0 Å². The maximum atomic E-state index is 5.22. The van der Waals surface area contributed by atoms with Crippen molar-refractivity contribution in [1.29, 1.82) is 0 Å². The summed E-state index contributed by atoms with van der Waals surface area (Å²) in [5.74, 6) is 1.54. The Kier molecular flexibility index (Phi) is 10.1. The molecule has 356 valence electrons. The van der Waals surface area contributed by atoms with Gasteiger partial charge in [-0.25, -0.2) is 9.97 Å². The van der Waals surface area contributed by atoms with Crippen molar-refractivity contribution in [2.24, 2.45) is 0 Å². The Morgan fingerprint density at radius 2 is 0.579 bits per heavy atom. The highest BCUT2D eigenvalue weighted by Crippen LogP contribution is 2.42. The van der Waals surface area contributed by atoms with Gasteiger partial charge in [-0.3, -0.25) is 9.55 Å². The van der Waals surface area contributed by atoms with Crippen molar-refractivity contribution in [3.8, 4) is 45.5 Å². The second-order valence-electron chi connectivity index (χ2n) is 19.2. The van der Waals surface area contributed by atoms with Gasteiger partial charge in [0.25, 0.3) is 0 Å². The zero-order chi connectivity index (χ0) is 50.1. The number of aromatic nitrogens is 7. The first kappa shape index (κ1) is 43.2. The van der Waals surface area contributed by atoms with Crippen LogP contribution >= 0.6 is 0 Å². The van der Waals surface area contributed by atoms with E-state index in [1.54, 1.807) is 0 Å². The van der Waals surface area contributed by atoms with Crippen LogP contribution in [-0.2, 0) is 0 Å². The minimum Gasteiger partial charge on any atom is -0.309 e. The third-order valence-corrected chi connectivity index (χ3v) is 14.9. The molecule has 0 saturated heterocycles. The molecule has 10 aromatic carbocycles. The number of para-hydroxylation sites is 6. The summed E-state index contributed by atoms with van der Waals surface area (Å²) in [6, 6.07) is 92.1. The molecule has 0 atom stereocenters. The Labute approximate surface area is 437 Å². The molecule has 0 bridgehead atoms. The van der Waals surface area contributed by atoms with Crippen LogP contribution in [0.25, 0.3) is 133 Å². The first-order valence-electron chi connectivity index (χ1n) is 25.7. The molecule has 6 aromatic heterocycles. The van der Waals surface area contributed by atoms with Crippen molar-refractivity contribution >= 4 is 87.2 Å². The third-order valence-electron chi connectivity index (χ3n) is 14.9. The lowest BCUT2D eigenvalue weighted by atomic mass is 10.1. The van der Waals surface area contributed by atoms with Crippen LogP contribution in [0.4, 0.5) is 0 Å². The maximum absolute atomic E-state index is 5.22. The number of pyridine rings is 1. The van der Waals surface area contributed by atoms with E-state index >= 15 is 0 Å². The summed E-state index contributed by atoms with van der Waals surface area (Å²) in [5, 5.41) is 9.94. The molecule has 0 spiro atoms. The smallest absolute Gasteiger partial charge is 0.162 e. The lowest BCUT2D eigenvalue weighted by molar-refractivity contribution is 1.05. The highest BCUT2D eigenvalue weighted by atomic mass is 15.1. The highest BCUT2D eigenvalue weighted by molar-refractivity contribution is 6.20. The van der Waals surface area contributed by atoms with Crippen LogP contribution in [-0.4, -0.2) is 33.2 Å². The van der Waals surface area contributed by atoms with Crippen LogP contribution in [0.2, 0.25) is 0 Å². The third kappa shape index (κ3) is 6.94. The van der Waals surface area contributed by atoms with E-state index in [-0.39, 0.29) is 0 Å². The van der Waals surface area contributed by atoms with Gasteiger partial charge in [0.15, 0.2) is 5.82 Å².